The average molecular weight is 211 g/mol. The van der Waals surface area contributed by atoms with Gasteiger partial charge in [-0.1, -0.05) is 0 Å². The van der Waals surface area contributed by atoms with E-state index in [4.69, 9.17) is 0 Å². The molecular weight excluding hydrogens is 209 g/mol. The SMILES string of the molecule is O=C1CC(=O)N1I. The first-order valence-electron chi connectivity index (χ1n) is 1.73. The number of hydrogen-bond acceptors (Lipinski definition) is 2. The molecule has 0 saturated carbocycles. The van der Waals surface area contributed by atoms with Crippen LogP contribution in [-0.4, -0.2) is 14.9 Å². The van der Waals surface area contributed by atoms with Gasteiger partial charge < -0.3 is 0 Å². The molecular formula is C3H2INO2. The summed E-state index contributed by atoms with van der Waals surface area (Å²) in [5.74, 6) is -0.184. The van der Waals surface area contributed by atoms with Crippen molar-refractivity contribution in [3.05, 3.63) is 0 Å². The van der Waals surface area contributed by atoms with Gasteiger partial charge in [0.1, 0.15) is 6.42 Å². The summed E-state index contributed by atoms with van der Waals surface area (Å²) in [7, 11) is 0. The third kappa shape index (κ3) is 0.624. The second kappa shape index (κ2) is 1.43. The van der Waals surface area contributed by atoms with E-state index in [9.17, 15) is 9.59 Å². The van der Waals surface area contributed by atoms with Crippen molar-refractivity contribution >= 4 is 34.7 Å². The lowest BCUT2D eigenvalue weighted by Gasteiger charge is -2.19. The molecule has 0 N–H and O–H groups in total. The maximum atomic E-state index is 10.1. The van der Waals surface area contributed by atoms with Crippen LogP contribution in [0.3, 0.4) is 0 Å². The molecule has 0 bridgehead atoms. The van der Waals surface area contributed by atoms with E-state index < -0.39 is 0 Å². The number of nitrogens with zero attached hydrogens (tertiary/aromatic N) is 1. The topological polar surface area (TPSA) is 37.4 Å². The smallest absolute Gasteiger partial charge is 0.247 e. The Kier molecular flexibility index (Phi) is 1.02. The van der Waals surface area contributed by atoms with Crippen molar-refractivity contribution in [2.45, 2.75) is 6.42 Å². The summed E-state index contributed by atoms with van der Waals surface area (Å²) >= 11 is 1.68. The Hall–Kier alpha value is -0.130. The van der Waals surface area contributed by atoms with Gasteiger partial charge >= 0.3 is 0 Å². The van der Waals surface area contributed by atoms with E-state index in [-0.39, 0.29) is 18.2 Å². The van der Waals surface area contributed by atoms with E-state index in [1.54, 1.807) is 22.9 Å². The fraction of sp³-hybridized carbons (Fsp3) is 0.333. The van der Waals surface area contributed by atoms with Crippen LogP contribution >= 0.6 is 22.9 Å². The predicted molar refractivity (Wildman–Crippen MR) is 30.5 cm³/mol. The van der Waals surface area contributed by atoms with Crippen LogP contribution in [0.2, 0.25) is 0 Å². The molecule has 1 fully saturated rings. The van der Waals surface area contributed by atoms with Gasteiger partial charge in [-0.25, -0.2) is 3.11 Å². The molecule has 7 heavy (non-hydrogen) atoms. The van der Waals surface area contributed by atoms with Crippen molar-refractivity contribution in [2.75, 3.05) is 0 Å². The molecule has 3 nitrogen and oxygen atoms in total. The van der Waals surface area contributed by atoms with Crippen molar-refractivity contribution in [3.8, 4) is 0 Å². The highest BCUT2D eigenvalue weighted by Gasteiger charge is 2.31. The van der Waals surface area contributed by atoms with Crippen molar-refractivity contribution in [1.29, 1.82) is 0 Å². The van der Waals surface area contributed by atoms with Gasteiger partial charge in [0.25, 0.3) is 0 Å². The lowest BCUT2D eigenvalue weighted by molar-refractivity contribution is -0.148. The van der Waals surface area contributed by atoms with Gasteiger partial charge in [-0.2, -0.15) is 0 Å². The fourth-order valence-corrected chi connectivity index (χ4v) is 0.657. The summed E-state index contributed by atoms with van der Waals surface area (Å²) in [6.45, 7) is 0. The minimum Gasteiger partial charge on any atom is -0.273 e. The van der Waals surface area contributed by atoms with E-state index >= 15 is 0 Å². The number of carbonyl (C=O) groups excluding carboxylic acids is 2. The normalized spacial score (nSPS) is 19.9. The van der Waals surface area contributed by atoms with Crippen LogP contribution in [0.1, 0.15) is 6.42 Å². The van der Waals surface area contributed by atoms with E-state index in [0.29, 0.717) is 0 Å². The van der Waals surface area contributed by atoms with E-state index in [2.05, 4.69) is 0 Å². The van der Waals surface area contributed by atoms with E-state index in [0.717, 1.165) is 3.11 Å². The summed E-state index contributed by atoms with van der Waals surface area (Å²) in [5.41, 5.74) is 0. The second-order valence-electron chi connectivity index (χ2n) is 1.25. The summed E-state index contributed by atoms with van der Waals surface area (Å²) in [6.07, 6.45) is 0.100. The molecule has 0 spiro atoms. The minimum atomic E-state index is -0.0920. The summed E-state index contributed by atoms with van der Waals surface area (Å²) in [6, 6.07) is 0. The zero-order valence-corrected chi connectivity index (χ0v) is 5.51. The number of imide groups is 1. The molecule has 0 radical (unpaired) electrons. The highest BCUT2D eigenvalue weighted by molar-refractivity contribution is 14.1. The Bertz CT molecular complexity index is 119. The number of rotatable bonds is 0. The zero-order chi connectivity index (χ0) is 5.44. The number of halogens is 1. The lowest BCUT2D eigenvalue weighted by atomic mass is 10.3. The molecule has 1 saturated heterocycles. The molecule has 1 rings (SSSR count). The van der Waals surface area contributed by atoms with Crippen molar-refractivity contribution in [1.82, 2.24) is 3.11 Å². The average Bonchev–Trinajstić information content (AvgIpc) is 1.68. The number of hydrogen-bond donors (Lipinski definition) is 0. The Morgan fingerprint density at radius 2 is 1.86 bits per heavy atom. The number of β-lactam (4-membered cyclic amide) rings is 2. The molecule has 1 aliphatic heterocycles. The highest BCUT2D eigenvalue weighted by atomic mass is 127. The summed E-state index contributed by atoms with van der Waals surface area (Å²) < 4.78 is 1.08. The molecule has 1 aliphatic rings. The Morgan fingerprint density at radius 3 is 1.86 bits per heavy atom. The first kappa shape index (κ1) is 5.02. The monoisotopic (exact) mass is 211 g/mol. The molecule has 2 amide bonds. The summed E-state index contributed by atoms with van der Waals surface area (Å²) in [4.78, 5) is 20.3. The Morgan fingerprint density at radius 1 is 1.43 bits per heavy atom. The number of amides is 2. The minimum absolute atomic E-state index is 0.0920. The first-order valence-corrected chi connectivity index (χ1v) is 2.70. The van der Waals surface area contributed by atoms with E-state index in [1.807, 2.05) is 0 Å². The van der Waals surface area contributed by atoms with Crippen molar-refractivity contribution in [3.63, 3.8) is 0 Å². The van der Waals surface area contributed by atoms with Crippen LogP contribution in [0.5, 0.6) is 0 Å². The molecule has 1 heterocycles. The third-order valence-electron chi connectivity index (χ3n) is 0.740. The third-order valence-corrected chi connectivity index (χ3v) is 1.82. The largest absolute Gasteiger partial charge is 0.273 e. The molecule has 0 aliphatic carbocycles. The molecule has 0 aromatic rings. The Labute approximate surface area is 54.2 Å². The van der Waals surface area contributed by atoms with Crippen LogP contribution < -0.4 is 0 Å². The van der Waals surface area contributed by atoms with Gasteiger partial charge in [-0.15, -0.1) is 0 Å². The van der Waals surface area contributed by atoms with Gasteiger partial charge in [0.05, 0.1) is 22.9 Å². The molecule has 0 aromatic carbocycles. The zero-order valence-electron chi connectivity index (χ0n) is 3.35. The molecule has 0 unspecified atom stereocenters. The maximum Gasteiger partial charge on any atom is 0.247 e. The van der Waals surface area contributed by atoms with Gasteiger partial charge in [0.2, 0.25) is 11.8 Å². The molecule has 4 heteroatoms. The van der Waals surface area contributed by atoms with Crippen LogP contribution in [0.4, 0.5) is 0 Å². The van der Waals surface area contributed by atoms with Crippen molar-refractivity contribution < 1.29 is 9.59 Å². The van der Waals surface area contributed by atoms with Crippen LogP contribution in [0.15, 0.2) is 0 Å². The van der Waals surface area contributed by atoms with Crippen LogP contribution in [-0.2, 0) is 9.59 Å². The molecule has 0 aromatic heterocycles. The second-order valence-corrected chi connectivity index (χ2v) is 2.21. The molecule has 0 atom stereocenters. The Balaban J connectivity index is 2.59. The highest BCUT2D eigenvalue weighted by Crippen LogP contribution is 2.14. The molecule has 38 valence electrons. The number of carbonyl (C=O) groups is 2. The first-order chi connectivity index (χ1) is 3.22. The quantitative estimate of drug-likeness (QED) is 0.246. The standard InChI is InChI=1S/C3H2INO2/c4-5-2(6)1-3(5)7/h1H2. The van der Waals surface area contributed by atoms with Gasteiger partial charge in [-0.05, 0) is 0 Å². The maximum absolute atomic E-state index is 10.1. The predicted octanol–water partition coefficient (Wildman–Crippen LogP) is 0.0953. The van der Waals surface area contributed by atoms with E-state index in [1.165, 1.54) is 0 Å². The van der Waals surface area contributed by atoms with Gasteiger partial charge in [0.15, 0.2) is 0 Å². The van der Waals surface area contributed by atoms with Crippen LogP contribution in [0.25, 0.3) is 0 Å². The van der Waals surface area contributed by atoms with Crippen LogP contribution in [0, 0.1) is 0 Å². The lowest BCUT2D eigenvalue weighted by Crippen LogP contribution is -2.40. The van der Waals surface area contributed by atoms with Gasteiger partial charge in [0, 0.05) is 0 Å². The fourth-order valence-electron chi connectivity index (χ4n) is 0.316. The van der Waals surface area contributed by atoms with Gasteiger partial charge in [-0.3, -0.25) is 9.59 Å². The summed E-state index contributed by atoms with van der Waals surface area (Å²) in [5, 5.41) is 0. The van der Waals surface area contributed by atoms with Crippen molar-refractivity contribution in [2.24, 2.45) is 0 Å².